The van der Waals surface area contributed by atoms with Crippen molar-refractivity contribution in [3.8, 4) is 0 Å². The number of alkyl halides is 3. The fourth-order valence-corrected chi connectivity index (χ4v) is 4.24. The molecule has 1 aliphatic heterocycles. The Bertz CT molecular complexity index is 930. The predicted octanol–water partition coefficient (Wildman–Crippen LogP) is 1.44. The highest BCUT2D eigenvalue weighted by Gasteiger charge is 2.36. The van der Waals surface area contributed by atoms with Gasteiger partial charge in [-0.25, -0.2) is 23.2 Å². The minimum Gasteiger partial charge on any atom is -0.345 e. The summed E-state index contributed by atoms with van der Waals surface area (Å²) >= 11 is 0. The maximum absolute atomic E-state index is 12.2. The maximum atomic E-state index is 12.2. The number of aromatic amines is 1. The molecule has 2 aromatic rings. The number of aromatic nitrogens is 3. The van der Waals surface area contributed by atoms with E-state index in [0.29, 0.717) is 17.6 Å². The van der Waals surface area contributed by atoms with Gasteiger partial charge in [-0.05, 0) is 12.5 Å². The standard InChI is InChI=1S/C14H17F3N6O3S/c15-14(16,17)3-6-27(25,26)23-5-2-9(8-23)20-13(24)22-11-7-19-12-10(21-11)1-4-18-12/h1,4,7,9H,2-3,5-6,8H2,(H,18,19)(H2,20,21,22,24)/t9-/m1/s1. The van der Waals surface area contributed by atoms with Crippen molar-refractivity contribution in [2.45, 2.75) is 25.1 Å². The Labute approximate surface area is 152 Å². The molecule has 0 aromatic carbocycles. The van der Waals surface area contributed by atoms with Gasteiger partial charge in [0, 0.05) is 25.3 Å². The molecular formula is C14H17F3N6O3S. The van der Waals surface area contributed by atoms with Gasteiger partial charge in [-0.15, -0.1) is 0 Å². The molecule has 0 saturated carbocycles. The molecular weight excluding hydrogens is 389 g/mol. The van der Waals surface area contributed by atoms with Crippen LogP contribution in [0.25, 0.3) is 11.2 Å². The van der Waals surface area contributed by atoms with E-state index in [9.17, 15) is 26.4 Å². The lowest BCUT2D eigenvalue weighted by molar-refractivity contribution is -0.130. The number of urea groups is 1. The van der Waals surface area contributed by atoms with Crippen LogP contribution in [0.15, 0.2) is 18.5 Å². The fraction of sp³-hybridized carbons (Fsp3) is 0.500. The molecule has 3 rings (SSSR count). The second kappa shape index (κ2) is 7.31. The second-order valence-electron chi connectivity index (χ2n) is 6.09. The van der Waals surface area contributed by atoms with Crippen LogP contribution in [0.1, 0.15) is 12.8 Å². The number of fused-ring (bicyclic) bond motifs is 1. The highest BCUT2D eigenvalue weighted by Crippen LogP contribution is 2.23. The molecule has 0 radical (unpaired) electrons. The molecule has 13 heteroatoms. The van der Waals surface area contributed by atoms with Gasteiger partial charge in [0.05, 0.1) is 18.4 Å². The molecule has 1 atom stereocenters. The van der Waals surface area contributed by atoms with Crippen molar-refractivity contribution in [1.82, 2.24) is 24.6 Å². The van der Waals surface area contributed by atoms with Crippen molar-refractivity contribution < 1.29 is 26.4 Å². The van der Waals surface area contributed by atoms with E-state index < -0.39 is 40.4 Å². The summed E-state index contributed by atoms with van der Waals surface area (Å²) < 4.78 is 61.7. The van der Waals surface area contributed by atoms with E-state index in [0.717, 1.165) is 4.31 Å². The summed E-state index contributed by atoms with van der Waals surface area (Å²) in [4.78, 5) is 23.1. The molecule has 3 heterocycles. The van der Waals surface area contributed by atoms with E-state index in [1.807, 2.05) is 0 Å². The summed E-state index contributed by atoms with van der Waals surface area (Å²) in [6.45, 7) is -0.0175. The van der Waals surface area contributed by atoms with Crippen LogP contribution in [-0.2, 0) is 10.0 Å². The summed E-state index contributed by atoms with van der Waals surface area (Å²) in [6, 6.07) is 0.583. The zero-order valence-electron chi connectivity index (χ0n) is 14.0. The summed E-state index contributed by atoms with van der Waals surface area (Å²) in [5, 5.41) is 5.08. The van der Waals surface area contributed by atoms with Gasteiger partial charge in [0.1, 0.15) is 5.52 Å². The Kier molecular flexibility index (Phi) is 5.24. The van der Waals surface area contributed by atoms with Crippen LogP contribution in [0.5, 0.6) is 0 Å². The zero-order chi connectivity index (χ0) is 19.7. The molecule has 9 nitrogen and oxygen atoms in total. The highest BCUT2D eigenvalue weighted by molar-refractivity contribution is 7.89. The average molecular weight is 406 g/mol. The topological polar surface area (TPSA) is 120 Å². The number of nitrogens with one attached hydrogen (secondary N) is 3. The van der Waals surface area contributed by atoms with Gasteiger partial charge < -0.3 is 10.3 Å². The first-order chi connectivity index (χ1) is 12.6. The van der Waals surface area contributed by atoms with Crippen LogP contribution >= 0.6 is 0 Å². The molecule has 0 aliphatic carbocycles. The van der Waals surface area contributed by atoms with Crippen molar-refractivity contribution in [1.29, 1.82) is 0 Å². The monoisotopic (exact) mass is 406 g/mol. The van der Waals surface area contributed by atoms with E-state index in [2.05, 4.69) is 25.6 Å². The molecule has 0 spiro atoms. The van der Waals surface area contributed by atoms with Gasteiger partial charge in [0.25, 0.3) is 0 Å². The number of hydrogen-bond acceptors (Lipinski definition) is 5. The van der Waals surface area contributed by atoms with Gasteiger partial charge in [-0.3, -0.25) is 5.32 Å². The van der Waals surface area contributed by atoms with Crippen LogP contribution in [0, 0.1) is 0 Å². The SMILES string of the molecule is O=C(Nc1cnc2[nH]ccc2n1)N[C@@H]1CCN(S(=O)(=O)CCC(F)(F)F)C1. The Morgan fingerprint density at radius 2 is 2.19 bits per heavy atom. The third kappa shape index (κ3) is 5.07. The molecule has 2 aromatic heterocycles. The molecule has 3 N–H and O–H groups in total. The number of sulfonamides is 1. The van der Waals surface area contributed by atoms with Gasteiger partial charge in [-0.1, -0.05) is 0 Å². The smallest absolute Gasteiger partial charge is 0.345 e. The van der Waals surface area contributed by atoms with Crippen LogP contribution in [0.2, 0.25) is 0 Å². The van der Waals surface area contributed by atoms with Crippen molar-refractivity contribution in [3.63, 3.8) is 0 Å². The molecule has 1 aliphatic rings. The Hall–Kier alpha value is -2.41. The number of halogens is 3. The first-order valence-corrected chi connectivity index (χ1v) is 9.65. The van der Waals surface area contributed by atoms with Gasteiger partial charge in [0.2, 0.25) is 10.0 Å². The molecule has 0 bridgehead atoms. The third-order valence-corrected chi connectivity index (χ3v) is 5.86. The number of rotatable bonds is 5. The van der Waals surface area contributed by atoms with Crippen molar-refractivity contribution in [2.75, 3.05) is 24.2 Å². The lowest BCUT2D eigenvalue weighted by atomic mass is 10.3. The molecule has 1 saturated heterocycles. The zero-order valence-corrected chi connectivity index (χ0v) is 14.8. The van der Waals surface area contributed by atoms with Crippen molar-refractivity contribution in [2.24, 2.45) is 0 Å². The van der Waals surface area contributed by atoms with Gasteiger partial charge in [0.15, 0.2) is 11.5 Å². The van der Waals surface area contributed by atoms with E-state index >= 15 is 0 Å². The maximum Gasteiger partial charge on any atom is 0.390 e. The fourth-order valence-electron chi connectivity index (χ4n) is 2.70. The van der Waals surface area contributed by atoms with Gasteiger partial charge >= 0.3 is 12.2 Å². The summed E-state index contributed by atoms with van der Waals surface area (Å²) in [7, 11) is -4.02. The second-order valence-corrected chi connectivity index (χ2v) is 8.18. The van der Waals surface area contributed by atoms with E-state index in [1.54, 1.807) is 12.3 Å². The molecule has 1 fully saturated rings. The molecule has 2 amide bonds. The Morgan fingerprint density at radius 3 is 2.93 bits per heavy atom. The third-order valence-electron chi connectivity index (χ3n) is 4.03. The lowest BCUT2D eigenvalue weighted by Gasteiger charge is -2.17. The van der Waals surface area contributed by atoms with Crippen molar-refractivity contribution in [3.05, 3.63) is 18.5 Å². The normalized spacial score (nSPS) is 18.7. The van der Waals surface area contributed by atoms with Crippen LogP contribution in [0.4, 0.5) is 23.8 Å². The predicted molar refractivity (Wildman–Crippen MR) is 90.5 cm³/mol. The average Bonchev–Trinajstić information content (AvgIpc) is 3.21. The van der Waals surface area contributed by atoms with E-state index in [4.69, 9.17) is 0 Å². The summed E-state index contributed by atoms with van der Waals surface area (Å²) in [5.41, 5.74) is 1.13. The van der Waals surface area contributed by atoms with E-state index in [1.165, 1.54) is 6.20 Å². The molecule has 27 heavy (non-hydrogen) atoms. The summed E-state index contributed by atoms with van der Waals surface area (Å²) in [5.74, 6) is -0.783. The molecule has 148 valence electrons. The number of anilines is 1. The Morgan fingerprint density at radius 1 is 1.41 bits per heavy atom. The number of amides is 2. The molecule has 0 unspecified atom stereocenters. The Balaban J connectivity index is 1.52. The first kappa shape index (κ1) is 19.4. The number of hydrogen-bond donors (Lipinski definition) is 3. The largest absolute Gasteiger partial charge is 0.390 e. The van der Waals surface area contributed by atoms with Crippen LogP contribution < -0.4 is 10.6 Å². The summed E-state index contributed by atoms with van der Waals surface area (Å²) in [6.07, 6.45) is -2.61. The van der Waals surface area contributed by atoms with Crippen molar-refractivity contribution >= 4 is 33.0 Å². The number of H-pyrrole nitrogens is 1. The quantitative estimate of drug-likeness (QED) is 0.694. The minimum atomic E-state index is -4.54. The van der Waals surface area contributed by atoms with Gasteiger partial charge in [-0.2, -0.15) is 17.5 Å². The number of carbonyl (C=O) groups is 1. The first-order valence-electron chi connectivity index (χ1n) is 8.05. The lowest BCUT2D eigenvalue weighted by Crippen LogP contribution is -2.41. The minimum absolute atomic E-state index is 0.0558. The number of nitrogens with zero attached hydrogens (tertiary/aromatic N) is 3. The highest BCUT2D eigenvalue weighted by atomic mass is 32.2. The van der Waals surface area contributed by atoms with Crippen LogP contribution in [0.3, 0.4) is 0 Å². The van der Waals surface area contributed by atoms with E-state index in [-0.39, 0.29) is 18.9 Å². The number of carbonyl (C=O) groups excluding carboxylic acids is 1. The van der Waals surface area contributed by atoms with Crippen LogP contribution in [-0.4, -0.2) is 64.8 Å².